The zero-order valence-electron chi connectivity index (χ0n) is 12.3. The third-order valence-corrected chi connectivity index (χ3v) is 5.76. The van der Waals surface area contributed by atoms with Crippen molar-refractivity contribution in [2.24, 2.45) is 16.7 Å². The minimum atomic E-state index is -0.202. The molecule has 1 aromatic rings. The maximum atomic E-state index is 12.7. The van der Waals surface area contributed by atoms with Gasteiger partial charge in [0.05, 0.1) is 0 Å². The van der Waals surface area contributed by atoms with E-state index in [1.165, 1.54) is 0 Å². The van der Waals surface area contributed by atoms with Crippen LogP contribution >= 0.6 is 0 Å². The number of hydrogen-bond acceptors (Lipinski definition) is 2. The molecule has 2 nitrogen and oxygen atoms in total. The van der Waals surface area contributed by atoms with Gasteiger partial charge in [0.1, 0.15) is 6.29 Å². The fourth-order valence-corrected chi connectivity index (χ4v) is 3.94. The van der Waals surface area contributed by atoms with Gasteiger partial charge in [-0.15, -0.1) is 0 Å². The van der Waals surface area contributed by atoms with Gasteiger partial charge in [-0.05, 0) is 41.4 Å². The van der Waals surface area contributed by atoms with Crippen LogP contribution in [0.1, 0.15) is 49.5 Å². The van der Waals surface area contributed by atoms with Gasteiger partial charge in [-0.1, -0.05) is 45.0 Å². The molecule has 2 aliphatic carbocycles. The van der Waals surface area contributed by atoms with Crippen molar-refractivity contribution in [3.63, 3.8) is 0 Å². The molecule has 1 aromatic carbocycles. The number of benzene rings is 1. The zero-order valence-corrected chi connectivity index (χ0v) is 12.3. The average molecular weight is 268 g/mol. The summed E-state index contributed by atoms with van der Waals surface area (Å²) >= 11 is 0. The zero-order chi connectivity index (χ0) is 14.5. The standard InChI is InChI=1S/C18H20O2/c1-17(2)15-8-9-18(17,3)16(20)14(15)10-12-4-6-13(11-19)7-5-12/h4-7,10-11,15H,8-9H2,1-3H3/b14-10-. The van der Waals surface area contributed by atoms with Crippen molar-refractivity contribution < 1.29 is 9.59 Å². The number of Topliss-reactive ketones (excluding diaryl/α,β-unsaturated/α-hetero) is 1. The molecule has 2 aliphatic rings. The summed E-state index contributed by atoms with van der Waals surface area (Å²) in [7, 11) is 0. The molecular formula is C18H20O2. The molecule has 0 N–H and O–H groups in total. The van der Waals surface area contributed by atoms with E-state index in [0.717, 1.165) is 30.3 Å². The predicted octanol–water partition coefficient (Wildman–Crippen LogP) is 3.91. The van der Waals surface area contributed by atoms with Crippen LogP contribution in [0.4, 0.5) is 0 Å². The van der Waals surface area contributed by atoms with Crippen molar-refractivity contribution in [1.82, 2.24) is 0 Å². The van der Waals surface area contributed by atoms with Gasteiger partial charge in [0, 0.05) is 11.0 Å². The molecule has 2 atom stereocenters. The SMILES string of the molecule is CC12CCC(/C(=C/c3ccc(C=O)cc3)C1=O)C2(C)C. The lowest BCUT2D eigenvalue weighted by atomic mass is 9.70. The minimum Gasteiger partial charge on any atom is -0.298 e. The molecule has 0 spiro atoms. The molecule has 2 saturated carbocycles. The average Bonchev–Trinajstić information content (AvgIpc) is 2.74. The molecule has 0 saturated heterocycles. The largest absolute Gasteiger partial charge is 0.298 e. The van der Waals surface area contributed by atoms with Crippen LogP contribution in [0.15, 0.2) is 29.8 Å². The smallest absolute Gasteiger partial charge is 0.165 e. The number of carbonyl (C=O) groups is 2. The Balaban J connectivity index is 2.01. The maximum absolute atomic E-state index is 12.7. The fraction of sp³-hybridized carbons (Fsp3) is 0.444. The third kappa shape index (κ3) is 1.57. The van der Waals surface area contributed by atoms with Crippen LogP contribution in [0, 0.1) is 16.7 Å². The first kappa shape index (κ1) is 13.3. The van der Waals surface area contributed by atoms with Crippen LogP contribution in [0.5, 0.6) is 0 Å². The normalized spacial score (nSPS) is 32.9. The Morgan fingerprint density at radius 1 is 1.10 bits per heavy atom. The number of carbonyl (C=O) groups excluding carboxylic acids is 2. The van der Waals surface area contributed by atoms with Gasteiger partial charge in [-0.2, -0.15) is 0 Å². The van der Waals surface area contributed by atoms with Gasteiger partial charge in [0.25, 0.3) is 0 Å². The van der Waals surface area contributed by atoms with E-state index < -0.39 is 0 Å². The van der Waals surface area contributed by atoms with Gasteiger partial charge in [-0.25, -0.2) is 0 Å². The quantitative estimate of drug-likeness (QED) is 0.602. The van der Waals surface area contributed by atoms with Crippen molar-refractivity contribution in [2.75, 3.05) is 0 Å². The fourth-order valence-electron chi connectivity index (χ4n) is 3.94. The number of fused-ring (bicyclic) bond motifs is 2. The molecule has 2 fully saturated rings. The van der Waals surface area contributed by atoms with Crippen molar-refractivity contribution in [2.45, 2.75) is 33.6 Å². The molecule has 2 unspecified atom stereocenters. The predicted molar refractivity (Wildman–Crippen MR) is 79.4 cm³/mol. The molecule has 2 heteroatoms. The van der Waals surface area contributed by atoms with Crippen LogP contribution in [0.25, 0.3) is 6.08 Å². The van der Waals surface area contributed by atoms with Gasteiger partial charge in [0.15, 0.2) is 5.78 Å². The minimum absolute atomic E-state index is 0.0542. The van der Waals surface area contributed by atoms with Crippen LogP contribution in [0.2, 0.25) is 0 Å². The topological polar surface area (TPSA) is 34.1 Å². The third-order valence-electron chi connectivity index (χ3n) is 5.76. The molecule has 20 heavy (non-hydrogen) atoms. The Hall–Kier alpha value is -1.70. The first-order chi connectivity index (χ1) is 9.40. The molecule has 0 radical (unpaired) electrons. The lowest BCUT2D eigenvalue weighted by Gasteiger charge is -2.31. The van der Waals surface area contributed by atoms with Crippen LogP contribution < -0.4 is 0 Å². The van der Waals surface area contributed by atoms with E-state index in [2.05, 4.69) is 20.8 Å². The van der Waals surface area contributed by atoms with E-state index in [1.54, 1.807) is 12.1 Å². The van der Waals surface area contributed by atoms with E-state index in [0.29, 0.717) is 17.3 Å². The molecule has 0 heterocycles. The summed E-state index contributed by atoms with van der Waals surface area (Å²) in [6.45, 7) is 6.56. The van der Waals surface area contributed by atoms with E-state index in [9.17, 15) is 9.59 Å². The molecule has 0 aliphatic heterocycles. The lowest BCUT2D eigenvalue weighted by Crippen LogP contribution is -2.32. The van der Waals surface area contributed by atoms with Crippen molar-refractivity contribution in [1.29, 1.82) is 0 Å². The van der Waals surface area contributed by atoms with Crippen LogP contribution in [-0.2, 0) is 4.79 Å². The van der Waals surface area contributed by atoms with Gasteiger partial charge in [0.2, 0.25) is 0 Å². The Bertz CT molecular complexity index is 607. The highest BCUT2D eigenvalue weighted by Crippen LogP contribution is 2.65. The summed E-state index contributed by atoms with van der Waals surface area (Å²) in [5.41, 5.74) is 2.50. The number of allylic oxidation sites excluding steroid dienone is 1. The summed E-state index contributed by atoms with van der Waals surface area (Å²) in [6.07, 6.45) is 4.97. The first-order valence-electron chi connectivity index (χ1n) is 7.22. The van der Waals surface area contributed by atoms with Crippen LogP contribution in [-0.4, -0.2) is 12.1 Å². The summed E-state index contributed by atoms with van der Waals surface area (Å²) in [4.78, 5) is 23.4. The van der Waals surface area contributed by atoms with E-state index >= 15 is 0 Å². The summed E-state index contributed by atoms with van der Waals surface area (Å²) in [6, 6.07) is 7.41. The highest BCUT2D eigenvalue weighted by molar-refractivity contribution is 6.07. The summed E-state index contributed by atoms with van der Waals surface area (Å²) < 4.78 is 0. The lowest BCUT2D eigenvalue weighted by molar-refractivity contribution is -0.125. The molecule has 0 aromatic heterocycles. The second kappa shape index (κ2) is 4.15. The Kier molecular flexibility index (Phi) is 2.75. The summed E-state index contributed by atoms with van der Waals surface area (Å²) in [5, 5.41) is 0. The monoisotopic (exact) mass is 268 g/mol. The van der Waals surface area contributed by atoms with Crippen LogP contribution in [0.3, 0.4) is 0 Å². The Labute approximate surface area is 119 Å². The van der Waals surface area contributed by atoms with Gasteiger partial charge < -0.3 is 0 Å². The Morgan fingerprint density at radius 3 is 2.20 bits per heavy atom. The van der Waals surface area contributed by atoms with Crippen molar-refractivity contribution in [3.8, 4) is 0 Å². The van der Waals surface area contributed by atoms with Crippen molar-refractivity contribution in [3.05, 3.63) is 41.0 Å². The van der Waals surface area contributed by atoms with Crippen molar-refractivity contribution >= 4 is 18.1 Å². The molecule has 104 valence electrons. The van der Waals surface area contributed by atoms with Gasteiger partial charge in [-0.3, -0.25) is 9.59 Å². The van der Waals surface area contributed by atoms with E-state index in [1.807, 2.05) is 18.2 Å². The van der Waals surface area contributed by atoms with E-state index in [4.69, 9.17) is 0 Å². The number of ketones is 1. The van der Waals surface area contributed by atoms with E-state index in [-0.39, 0.29) is 10.8 Å². The second-order valence-corrected chi connectivity index (χ2v) is 6.86. The van der Waals surface area contributed by atoms with Gasteiger partial charge >= 0.3 is 0 Å². The number of hydrogen-bond donors (Lipinski definition) is 0. The highest BCUT2D eigenvalue weighted by atomic mass is 16.1. The highest BCUT2D eigenvalue weighted by Gasteiger charge is 2.63. The first-order valence-corrected chi connectivity index (χ1v) is 7.22. The molecular weight excluding hydrogens is 248 g/mol. The molecule has 3 rings (SSSR count). The number of aldehydes is 1. The summed E-state index contributed by atoms with van der Waals surface area (Å²) in [5.74, 6) is 0.684. The second-order valence-electron chi connectivity index (χ2n) is 6.86. The molecule has 2 bridgehead atoms. The number of rotatable bonds is 2. The maximum Gasteiger partial charge on any atom is 0.165 e. The molecule has 0 amide bonds. The Morgan fingerprint density at radius 2 is 1.70 bits per heavy atom.